The summed E-state index contributed by atoms with van der Waals surface area (Å²) in [5.74, 6) is 0. The van der Waals surface area contributed by atoms with Crippen molar-refractivity contribution in [2.24, 2.45) is 5.11 Å². The number of aromatic amines is 1. The first kappa shape index (κ1) is 21.3. The van der Waals surface area contributed by atoms with Crippen LogP contribution in [0.1, 0.15) is 18.2 Å². The smallest absolute Gasteiger partial charge is 0.352 e. The third-order valence-corrected chi connectivity index (χ3v) is 6.66. The molecule has 144 valence electrons. The molecule has 0 saturated carbocycles. The number of aromatic nitrogens is 2. The van der Waals surface area contributed by atoms with Gasteiger partial charge in [0.05, 0.1) is 18.8 Å². The minimum Gasteiger partial charge on any atom is -0.352 e. The number of nitrogens with one attached hydrogen (secondary N) is 1. The number of hydrogen-bond donors (Lipinski definition) is 2. The summed E-state index contributed by atoms with van der Waals surface area (Å²) in [7, 11) is -4.62. The van der Waals surface area contributed by atoms with E-state index in [0.717, 1.165) is 4.57 Å². The second kappa shape index (κ2) is 7.92. The van der Waals surface area contributed by atoms with Crippen LogP contribution in [-0.2, 0) is 13.8 Å². The molecule has 4 atom stereocenters. The maximum absolute atomic E-state index is 12.0. The predicted molar refractivity (Wildman–Crippen MR) is 93.6 cm³/mol. The summed E-state index contributed by atoms with van der Waals surface area (Å²) in [6.45, 7) is 0.969. The van der Waals surface area contributed by atoms with Crippen LogP contribution >= 0.6 is 42.4 Å². The molecule has 1 aliphatic heterocycles. The van der Waals surface area contributed by atoms with Gasteiger partial charge in [-0.3, -0.25) is 18.9 Å². The molecule has 1 unspecified atom stereocenters. The molecule has 11 nitrogen and oxygen atoms in total. The van der Waals surface area contributed by atoms with Gasteiger partial charge >= 0.3 is 13.3 Å². The number of alkyl halides is 3. The van der Waals surface area contributed by atoms with Gasteiger partial charge in [0.1, 0.15) is 6.23 Å². The van der Waals surface area contributed by atoms with Gasteiger partial charge in [-0.05, 0) is 12.5 Å². The summed E-state index contributed by atoms with van der Waals surface area (Å²) in [5.41, 5.74) is 7.68. The van der Waals surface area contributed by atoms with Crippen molar-refractivity contribution in [2.45, 2.75) is 35.3 Å². The van der Waals surface area contributed by atoms with Crippen molar-refractivity contribution in [3.8, 4) is 0 Å². The largest absolute Gasteiger partial charge is 0.379 e. The van der Waals surface area contributed by atoms with Crippen molar-refractivity contribution < 1.29 is 18.7 Å². The number of hydrogen-bond acceptors (Lipinski definition) is 6. The van der Waals surface area contributed by atoms with Gasteiger partial charge < -0.3 is 14.2 Å². The van der Waals surface area contributed by atoms with Crippen LogP contribution in [0.3, 0.4) is 0 Å². The summed E-state index contributed by atoms with van der Waals surface area (Å²) in [4.78, 5) is 37.8. The standard InChI is InChI=1S/C11H13Cl3N5O6P/c1-5-3-19(10(21)16-9(5)20)8-2-6(17-18-15)7(25-8)4-24-26(22,23)11(12,13)14/h3,6-8H,2,4H2,1H3,(H,22,23)(H,16,20,21)/t6-,7+,8+/m0/s1. The van der Waals surface area contributed by atoms with Gasteiger partial charge in [0.25, 0.3) is 9.09 Å². The topological polar surface area (TPSA) is 159 Å². The highest BCUT2D eigenvalue weighted by Gasteiger charge is 2.46. The SMILES string of the molecule is Cc1cn([C@H]2C[C@H](N=[N+]=[N-])[C@@H](COP(=O)(O)C(Cl)(Cl)Cl)O2)c(=O)[nH]c1=O. The summed E-state index contributed by atoms with van der Waals surface area (Å²) in [5, 5.41) is 3.53. The molecule has 0 radical (unpaired) electrons. The van der Waals surface area contributed by atoms with Gasteiger partial charge in [0.15, 0.2) is 0 Å². The average molecular weight is 449 g/mol. The maximum Gasteiger partial charge on any atom is 0.379 e. The minimum absolute atomic E-state index is 0.0625. The van der Waals surface area contributed by atoms with Gasteiger partial charge in [0, 0.05) is 23.1 Å². The fourth-order valence-electron chi connectivity index (χ4n) is 2.27. The Hall–Kier alpha value is -1.03. The molecule has 0 aliphatic carbocycles. The number of halogens is 3. The van der Waals surface area contributed by atoms with Crippen LogP contribution < -0.4 is 11.2 Å². The van der Waals surface area contributed by atoms with Crippen molar-refractivity contribution in [3.05, 3.63) is 43.0 Å². The van der Waals surface area contributed by atoms with Crippen LogP contribution in [-0.4, -0.2) is 36.7 Å². The number of aryl methyl sites for hydroxylation is 1. The van der Waals surface area contributed by atoms with E-state index in [-0.39, 0.29) is 12.0 Å². The van der Waals surface area contributed by atoms with E-state index in [2.05, 4.69) is 15.0 Å². The predicted octanol–water partition coefficient (Wildman–Crippen LogP) is 2.34. The Bertz CT molecular complexity index is 892. The van der Waals surface area contributed by atoms with Crippen LogP contribution in [0, 0.1) is 6.92 Å². The van der Waals surface area contributed by atoms with Crippen molar-refractivity contribution >= 4 is 42.4 Å². The fraction of sp³-hybridized carbons (Fsp3) is 0.636. The van der Waals surface area contributed by atoms with Crippen molar-refractivity contribution in [1.29, 1.82) is 0 Å². The molecular weight excluding hydrogens is 435 g/mol. The van der Waals surface area contributed by atoms with E-state index < -0.39 is 47.4 Å². The molecule has 2 rings (SSSR count). The second-order valence-electron chi connectivity index (χ2n) is 5.40. The zero-order valence-electron chi connectivity index (χ0n) is 13.1. The molecule has 1 aromatic heterocycles. The lowest BCUT2D eigenvalue weighted by atomic mass is 10.1. The average Bonchev–Trinajstić information content (AvgIpc) is 2.91. The van der Waals surface area contributed by atoms with Crippen LogP contribution in [0.2, 0.25) is 0 Å². The van der Waals surface area contributed by atoms with Crippen LogP contribution in [0.25, 0.3) is 10.4 Å². The summed E-state index contributed by atoms with van der Waals surface area (Å²) in [6, 6.07) is -0.820. The minimum atomic E-state index is -4.62. The van der Waals surface area contributed by atoms with E-state index in [4.69, 9.17) is 49.6 Å². The maximum atomic E-state index is 12.0. The Balaban J connectivity index is 2.22. The highest BCUT2D eigenvalue weighted by atomic mass is 35.6. The van der Waals surface area contributed by atoms with E-state index in [1.54, 1.807) is 0 Å². The second-order valence-corrected chi connectivity index (χ2v) is 10.4. The number of nitrogens with zero attached hydrogens (tertiary/aromatic N) is 4. The molecule has 0 bridgehead atoms. The number of ether oxygens (including phenoxy) is 1. The summed E-state index contributed by atoms with van der Waals surface area (Å²) >= 11 is 16.1. The fourth-order valence-corrected chi connectivity index (χ4v) is 3.21. The first-order chi connectivity index (χ1) is 12.0. The lowest BCUT2D eigenvalue weighted by Gasteiger charge is -2.22. The lowest BCUT2D eigenvalue weighted by Crippen LogP contribution is -2.33. The van der Waals surface area contributed by atoms with Gasteiger partial charge in [-0.2, -0.15) is 0 Å². The first-order valence-corrected chi connectivity index (χ1v) is 9.73. The summed E-state index contributed by atoms with van der Waals surface area (Å²) in [6.07, 6.45) is -0.524. The van der Waals surface area contributed by atoms with Crippen molar-refractivity contribution in [3.63, 3.8) is 0 Å². The van der Waals surface area contributed by atoms with Crippen LogP contribution in [0.15, 0.2) is 20.9 Å². The van der Waals surface area contributed by atoms with E-state index >= 15 is 0 Å². The lowest BCUT2D eigenvalue weighted by molar-refractivity contribution is -0.0239. The zero-order chi connectivity index (χ0) is 19.7. The Labute approximate surface area is 160 Å². The van der Waals surface area contributed by atoms with E-state index in [1.807, 2.05) is 0 Å². The summed E-state index contributed by atoms with van der Waals surface area (Å²) < 4.78 is 20.7. The quantitative estimate of drug-likeness (QED) is 0.231. The van der Waals surface area contributed by atoms with Crippen molar-refractivity contribution in [2.75, 3.05) is 6.61 Å². The van der Waals surface area contributed by atoms with Crippen LogP contribution in [0.4, 0.5) is 0 Å². The Morgan fingerprint density at radius 2 is 2.23 bits per heavy atom. The van der Waals surface area contributed by atoms with Gasteiger partial charge in [0.2, 0.25) is 0 Å². The first-order valence-electron chi connectivity index (χ1n) is 7.02. The van der Waals surface area contributed by atoms with E-state index in [9.17, 15) is 19.0 Å². The monoisotopic (exact) mass is 447 g/mol. The number of azide groups is 1. The molecule has 0 aromatic carbocycles. The van der Waals surface area contributed by atoms with Gasteiger partial charge in [-0.25, -0.2) is 4.79 Å². The molecule has 2 heterocycles. The molecule has 26 heavy (non-hydrogen) atoms. The van der Waals surface area contributed by atoms with Gasteiger partial charge in [-0.1, -0.05) is 39.9 Å². The third kappa shape index (κ3) is 4.62. The number of rotatable bonds is 5. The molecule has 1 saturated heterocycles. The number of H-pyrrole nitrogens is 1. The highest BCUT2D eigenvalue weighted by Crippen LogP contribution is 2.63. The van der Waals surface area contributed by atoms with Crippen molar-refractivity contribution in [1.82, 2.24) is 9.55 Å². The normalized spacial score (nSPS) is 25.5. The van der Waals surface area contributed by atoms with E-state index in [0.29, 0.717) is 0 Å². The van der Waals surface area contributed by atoms with Gasteiger partial charge in [-0.15, -0.1) is 0 Å². The van der Waals surface area contributed by atoms with E-state index in [1.165, 1.54) is 13.1 Å². The molecule has 0 spiro atoms. The highest BCUT2D eigenvalue weighted by molar-refractivity contribution is 7.61. The van der Waals surface area contributed by atoms with Crippen LogP contribution in [0.5, 0.6) is 0 Å². The zero-order valence-corrected chi connectivity index (χ0v) is 16.2. The molecular formula is C11H13Cl3N5O6P. The Morgan fingerprint density at radius 3 is 2.81 bits per heavy atom. The third-order valence-electron chi connectivity index (χ3n) is 3.59. The molecule has 1 aliphatic rings. The molecule has 1 aromatic rings. The Morgan fingerprint density at radius 1 is 1.58 bits per heavy atom. The molecule has 15 heteroatoms. The Kier molecular flexibility index (Phi) is 6.48. The molecule has 2 N–H and O–H groups in total. The molecule has 0 amide bonds. The molecule has 1 fully saturated rings.